The first kappa shape index (κ1) is 69.6. The molecule has 3 aliphatic heterocycles. The molecule has 0 radical (unpaired) electrons. The number of carbonyl (C=O) groups excluding carboxylic acids is 1. The van der Waals surface area contributed by atoms with Crippen molar-refractivity contribution in [1.82, 2.24) is 0 Å². The van der Waals surface area contributed by atoms with Gasteiger partial charge in [0.15, 0.2) is 12.9 Å². The van der Waals surface area contributed by atoms with E-state index in [1.54, 1.807) is 6.07 Å². The Bertz CT molecular complexity index is 5390. The van der Waals surface area contributed by atoms with Crippen LogP contribution in [0.3, 0.4) is 0 Å². The summed E-state index contributed by atoms with van der Waals surface area (Å²) in [6, 6.07) is 87.5. The van der Waals surface area contributed by atoms with Gasteiger partial charge in [0.1, 0.15) is 57.3 Å². The van der Waals surface area contributed by atoms with Gasteiger partial charge in [0.05, 0.1) is 14.3 Å². The number of fused-ring (bicyclic) bond motifs is 9. The molecule has 4 bridgehead atoms. The molecule has 12 aromatic carbocycles. The average Bonchev–Trinajstić information content (AvgIpc) is 1.62. The van der Waals surface area contributed by atoms with Crippen LogP contribution in [-0.2, 0) is 14.3 Å². The molecule has 1 N–H and O–H groups in total. The maximum atomic E-state index is 13.2. The number of hydrogen-bond acceptors (Lipinski definition) is 9. The molecular formula is C89H72I4O9S3. The fourth-order valence-corrected chi connectivity index (χ4v) is 27.0. The molecule has 7 aliphatic rings. The molecular weight excluding hydrogens is 1820 g/mol. The molecule has 16 heteroatoms. The van der Waals surface area contributed by atoms with Gasteiger partial charge in [-0.2, -0.15) is 32.7 Å². The number of hydrogen-bond donors (Lipinski definition) is 4. The van der Waals surface area contributed by atoms with E-state index in [1.807, 2.05) is 56.3 Å². The van der Waals surface area contributed by atoms with Crippen molar-refractivity contribution in [3.05, 3.63) is 257 Å². The third kappa shape index (κ3) is 13.3. The molecule has 19 rings (SSSR count). The molecule has 528 valence electrons. The zero-order valence-electron chi connectivity index (χ0n) is 57.5. The highest BCUT2D eigenvalue weighted by atomic mass is 127. The fourth-order valence-electron chi connectivity index (χ4n) is 16.9. The first-order valence-corrected chi connectivity index (χ1v) is 43.9. The number of thiol groups is 3. The van der Waals surface area contributed by atoms with E-state index in [4.69, 9.17) is 33.2 Å². The predicted molar refractivity (Wildman–Crippen MR) is 455 cm³/mol. The Kier molecular flexibility index (Phi) is 19.1. The molecule has 3 heterocycles. The third-order valence-corrected chi connectivity index (χ3v) is 32.7. The van der Waals surface area contributed by atoms with Crippen LogP contribution in [0.25, 0.3) is 55.6 Å². The van der Waals surface area contributed by atoms with Crippen LogP contribution >= 0.6 is 123 Å². The summed E-state index contributed by atoms with van der Waals surface area (Å²) in [4.78, 5) is 25.0. The zero-order valence-corrected chi connectivity index (χ0v) is 68.8. The van der Waals surface area contributed by atoms with Crippen molar-refractivity contribution < 1.29 is 43.1 Å². The van der Waals surface area contributed by atoms with Gasteiger partial charge in [-0.05, 0) is 395 Å². The minimum absolute atomic E-state index is 0.114. The second-order valence-electron chi connectivity index (χ2n) is 28.1. The van der Waals surface area contributed by atoms with E-state index in [2.05, 4.69) is 291 Å². The van der Waals surface area contributed by atoms with Crippen molar-refractivity contribution in [1.29, 1.82) is 0 Å². The summed E-state index contributed by atoms with van der Waals surface area (Å²) in [7, 11) is -2.86. The number of ether oxygens (including phenoxy) is 7. The monoisotopic (exact) mass is 1890 g/mol. The van der Waals surface area contributed by atoms with Crippen LogP contribution in [0.1, 0.15) is 52.9 Å². The number of esters is 1. The molecule has 4 unspecified atom stereocenters. The average molecular weight is 1890 g/mol. The molecule has 0 aromatic heterocycles. The number of aromatic hydroxyl groups is 1. The summed E-state index contributed by atoms with van der Waals surface area (Å²) in [6.07, 6.45) is 5.74. The largest absolute Gasteiger partial charge is 0.507 e. The van der Waals surface area contributed by atoms with Gasteiger partial charge in [-0.1, -0.05) is 84.9 Å². The van der Waals surface area contributed by atoms with E-state index in [1.165, 1.54) is 132 Å². The quantitative estimate of drug-likeness (QED) is 0.0273. The van der Waals surface area contributed by atoms with Crippen LogP contribution in [0.5, 0.6) is 51.7 Å². The van der Waals surface area contributed by atoms with E-state index < -0.39 is 32.7 Å². The maximum Gasteiger partial charge on any atom is 0.344 e. The van der Waals surface area contributed by atoms with Gasteiger partial charge in [-0.3, -0.25) is 0 Å². The highest BCUT2D eigenvalue weighted by molar-refractivity contribution is 14.1. The predicted octanol–water partition coefficient (Wildman–Crippen LogP) is 25.8. The molecule has 4 aliphatic carbocycles. The van der Waals surface area contributed by atoms with Crippen molar-refractivity contribution >= 4 is 129 Å². The molecule has 4 atom stereocenters. The van der Waals surface area contributed by atoms with Crippen molar-refractivity contribution in [2.45, 2.75) is 109 Å². The van der Waals surface area contributed by atoms with Gasteiger partial charge in [-0.15, -0.1) is 0 Å². The molecule has 105 heavy (non-hydrogen) atoms. The van der Waals surface area contributed by atoms with Gasteiger partial charge >= 0.3 is 5.97 Å². The van der Waals surface area contributed by atoms with Gasteiger partial charge in [0, 0.05) is 36.0 Å². The number of halogens is 4. The lowest BCUT2D eigenvalue weighted by atomic mass is 9.50. The number of phenols is 1. The lowest BCUT2D eigenvalue weighted by Gasteiger charge is -2.59. The Morgan fingerprint density at radius 3 is 1.24 bits per heavy atom. The molecule has 0 saturated heterocycles. The number of carbonyl (C=O) groups is 1. The zero-order chi connectivity index (χ0) is 71.4. The second kappa shape index (κ2) is 28.8. The van der Waals surface area contributed by atoms with Crippen molar-refractivity contribution in [3.8, 4) is 107 Å². The third-order valence-electron chi connectivity index (χ3n) is 21.7. The lowest BCUT2D eigenvalue weighted by molar-refractivity contribution is -0.204. The van der Waals surface area contributed by atoms with E-state index in [9.17, 15) is 9.90 Å². The molecule has 4 saturated carbocycles. The highest BCUT2D eigenvalue weighted by Gasteiger charge is 2.57. The van der Waals surface area contributed by atoms with Crippen LogP contribution in [0, 0.1) is 38.0 Å². The first-order valence-electron chi connectivity index (χ1n) is 35.5. The SMILES string of the molecule is CCOC(C)Oc1cc(I)c(Oc2ccc([SH]3c4ccccc4-c4ccc(-c5ccc6c(c5)[SH](c5ccc(Oc7cc(I)c(O)cc7I)cc5)c5cc(-c7ccc8c(c7)[SH](c7ccc(Oc9ccc(OCC(=O)OC%10(C)C%11CC%12CC(C%11)CC%10C%12)cc9)cc7)c7ccccc7-8)ccc5-6)cc43)cc2)cc1I. The molecule has 0 amide bonds. The lowest BCUT2D eigenvalue weighted by Crippen LogP contribution is -2.58. The van der Waals surface area contributed by atoms with E-state index in [-0.39, 0.29) is 30.2 Å². The summed E-state index contributed by atoms with van der Waals surface area (Å²) in [5.74, 6) is 8.26. The highest BCUT2D eigenvalue weighted by Crippen LogP contribution is 2.68. The summed E-state index contributed by atoms with van der Waals surface area (Å²) in [5, 5.41) is 10.5. The Balaban J connectivity index is 0.625. The van der Waals surface area contributed by atoms with Gasteiger partial charge in [0.25, 0.3) is 0 Å². The topological polar surface area (TPSA) is 102 Å². The maximum absolute atomic E-state index is 13.2. The van der Waals surface area contributed by atoms with E-state index in [0.29, 0.717) is 35.7 Å². The minimum atomic E-state index is -1.06. The number of rotatable bonds is 19. The van der Waals surface area contributed by atoms with Gasteiger partial charge < -0.3 is 38.3 Å². The smallest absolute Gasteiger partial charge is 0.344 e. The fraction of sp³-hybridized carbons (Fsp3) is 0.180. The Hall–Kier alpha value is -7.16. The Morgan fingerprint density at radius 2 is 0.790 bits per heavy atom. The van der Waals surface area contributed by atoms with E-state index in [0.717, 1.165) is 54.9 Å². The molecule has 4 fully saturated rings. The minimum Gasteiger partial charge on any atom is -0.507 e. The second-order valence-corrected chi connectivity index (χ2v) is 39.2. The van der Waals surface area contributed by atoms with E-state index >= 15 is 0 Å². The van der Waals surface area contributed by atoms with Crippen LogP contribution in [0.4, 0.5) is 0 Å². The summed E-state index contributed by atoms with van der Waals surface area (Å²) in [6.45, 7) is 6.52. The van der Waals surface area contributed by atoms with Crippen LogP contribution < -0.4 is 23.7 Å². The first-order chi connectivity index (χ1) is 51.1. The van der Waals surface area contributed by atoms with Gasteiger partial charge in [0.2, 0.25) is 0 Å². The normalized spacial score (nSPS) is 21.5. The Labute approximate surface area is 674 Å². The van der Waals surface area contributed by atoms with Crippen LogP contribution in [0.15, 0.2) is 287 Å². The molecule has 9 nitrogen and oxygen atoms in total. The molecule has 0 spiro atoms. The Morgan fingerprint density at radius 1 is 0.429 bits per heavy atom. The molecule has 12 aromatic rings. The number of phenolic OH excluding ortho intramolecular Hbond substituents is 1. The standard InChI is InChI=1S/C89H72I4O9S3/c1-4-96-51(2)98-79-48-77(93)81(49-76(79)92)101-64-23-29-66(30-24-64)104-83-12-8-6-10-69(83)71-34-14-55(43-85(71)104)57-16-36-73-72-35-15-56(44-86(72)105(87(73)45-57)67-31-25-63(26-32-67)100-80-47-74(90)78(94)46-75(80)91)54-13-33-70-68-9-5-7-11-82(68)103(84(70)42-54)65-27-21-62(22-28-65)99-61-19-17-60(18-20-61)97-50-88(95)102-89(3)58-38-52-37-53(40-58)41-59(89)39-52/h5-36,42-49,51-53,58-59,94,103-105H,4,37-41,50H2,1-3H3. The number of benzene rings is 12. The summed E-state index contributed by atoms with van der Waals surface area (Å²) >= 11 is 9.00. The van der Waals surface area contributed by atoms with Crippen molar-refractivity contribution in [2.24, 2.45) is 23.7 Å². The summed E-state index contributed by atoms with van der Waals surface area (Å²) < 4.78 is 47.1. The van der Waals surface area contributed by atoms with Crippen LogP contribution in [0.2, 0.25) is 0 Å². The van der Waals surface area contributed by atoms with Crippen LogP contribution in [-0.4, -0.2) is 36.2 Å². The summed E-state index contributed by atoms with van der Waals surface area (Å²) in [5.41, 5.74) is 12.0. The van der Waals surface area contributed by atoms with Crippen molar-refractivity contribution in [2.75, 3.05) is 13.2 Å². The van der Waals surface area contributed by atoms with Crippen molar-refractivity contribution in [3.63, 3.8) is 0 Å². The van der Waals surface area contributed by atoms with Gasteiger partial charge in [-0.25, -0.2) is 4.79 Å².